The molecule has 1 aliphatic rings. The van der Waals surface area contributed by atoms with Crippen LogP contribution < -0.4 is 5.32 Å². The number of β-amino-alcohol motifs (C(OH)–C–C–N with tert-alkyl or cyclic N) is 1. The molecule has 1 fully saturated rings. The number of hydrogen-bond acceptors (Lipinski definition) is 3. The van der Waals surface area contributed by atoms with E-state index in [1.54, 1.807) is 0 Å². The van der Waals surface area contributed by atoms with E-state index in [4.69, 9.17) is 0 Å². The number of nitrogens with one attached hydrogen (secondary N) is 1. The lowest BCUT2D eigenvalue weighted by Gasteiger charge is -2.33. The molecule has 2 N–H and O–H groups in total. The van der Waals surface area contributed by atoms with E-state index in [2.05, 4.69) is 24.3 Å². The van der Waals surface area contributed by atoms with Gasteiger partial charge in [-0.15, -0.1) is 0 Å². The molecule has 1 heterocycles. The van der Waals surface area contributed by atoms with E-state index in [0.717, 1.165) is 45.3 Å². The summed E-state index contributed by atoms with van der Waals surface area (Å²) in [6, 6.07) is 0. The summed E-state index contributed by atoms with van der Waals surface area (Å²) in [5.41, 5.74) is -0.422. The van der Waals surface area contributed by atoms with Crippen molar-refractivity contribution in [2.45, 2.75) is 31.3 Å². The summed E-state index contributed by atoms with van der Waals surface area (Å²) >= 11 is 0. The Labute approximate surface area is 81.1 Å². The Balaban J connectivity index is 2.17. The maximum absolute atomic E-state index is 10.1. The largest absolute Gasteiger partial charge is 0.389 e. The molecule has 13 heavy (non-hydrogen) atoms. The topological polar surface area (TPSA) is 35.5 Å². The van der Waals surface area contributed by atoms with Crippen LogP contribution in [0, 0.1) is 0 Å². The van der Waals surface area contributed by atoms with Gasteiger partial charge in [-0.2, -0.15) is 0 Å². The molecule has 0 radical (unpaired) electrons. The fraction of sp³-hybridized carbons (Fsp3) is 1.00. The maximum Gasteiger partial charge on any atom is 0.0772 e. The van der Waals surface area contributed by atoms with E-state index in [-0.39, 0.29) is 0 Å². The van der Waals surface area contributed by atoms with Gasteiger partial charge in [0.2, 0.25) is 0 Å². The van der Waals surface area contributed by atoms with Gasteiger partial charge < -0.3 is 15.3 Å². The van der Waals surface area contributed by atoms with Crippen molar-refractivity contribution in [2.75, 3.05) is 33.7 Å². The molecule has 1 saturated heterocycles. The third kappa shape index (κ3) is 4.07. The zero-order valence-corrected chi connectivity index (χ0v) is 8.84. The van der Waals surface area contributed by atoms with Gasteiger partial charge in [0.1, 0.15) is 0 Å². The van der Waals surface area contributed by atoms with Crippen molar-refractivity contribution >= 4 is 0 Å². The molecule has 1 rings (SSSR count). The highest BCUT2D eigenvalue weighted by Gasteiger charge is 2.28. The summed E-state index contributed by atoms with van der Waals surface area (Å²) in [6.45, 7) is 2.92. The van der Waals surface area contributed by atoms with Crippen LogP contribution in [0.4, 0.5) is 0 Å². The quantitative estimate of drug-likeness (QED) is 0.669. The van der Waals surface area contributed by atoms with E-state index in [1.165, 1.54) is 0 Å². The SMILES string of the molecule is CN(C)CCCC1(O)CCCNC1. The minimum absolute atomic E-state index is 0.422. The highest BCUT2D eigenvalue weighted by Crippen LogP contribution is 2.21. The van der Waals surface area contributed by atoms with Gasteiger partial charge in [0.15, 0.2) is 0 Å². The van der Waals surface area contributed by atoms with Crippen molar-refractivity contribution in [1.82, 2.24) is 10.2 Å². The summed E-state index contributed by atoms with van der Waals surface area (Å²) in [7, 11) is 4.15. The second-order valence-electron chi connectivity index (χ2n) is 4.41. The molecule has 78 valence electrons. The molecule has 3 heteroatoms. The third-order valence-electron chi connectivity index (χ3n) is 2.70. The molecule has 1 aliphatic heterocycles. The smallest absolute Gasteiger partial charge is 0.0772 e. The van der Waals surface area contributed by atoms with Gasteiger partial charge in [-0.3, -0.25) is 0 Å². The predicted octanol–water partition coefficient (Wildman–Crippen LogP) is 0.443. The lowest BCUT2D eigenvalue weighted by Crippen LogP contribution is -2.45. The Morgan fingerprint density at radius 2 is 2.23 bits per heavy atom. The molecule has 0 amide bonds. The number of hydrogen-bond donors (Lipinski definition) is 2. The van der Waals surface area contributed by atoms with Gasteiger partial charge in [0.05, 0.1) is 5.60 Å². The molecule has 1 atom stereocenters. The second-order valence-corrected chi connectivity index (χ2v) is 4.41. The Morgan fingerprint density at radius 3 is 2.77 bits per heavy atom. The van der Waals surface area contributed by atoms with Crippen molar-refractivity contribution < 1.29 is 5.11 Å². The van der Waals surface area contributed by atoms with Crippen LogP contribution in [0.1, 0.15) is 25.7 Å². The zero-order chi connectivity index (χ0) is 9.73. The van der Waals surface area contributed by atoms with E-state index in [0.29, 0.717) is 0 Å². The van der Waals surface area contributed by atoms with Crippen LogP contribution in [0.3, 0.4) is 0 Å². The summed E-state index contributed by atoms with van der Waals surface area (Å²) in [6.07, 6.45) is 4.09. The first kappa shape index (κ1) is 11.0. The minimum atomic E-state index is -0.422. The van der Waals surface area contributed by atoms with Crippen LogP contribution in [-0.2, 0) is 0 Å². The molecule has 0 aromatic rings. The fourth-order valence-electron chi connectivity index (χ4n) is 1.89. The van der Waals surface area contributed by atoms with Gasteiger partial charge in [-0.05, 0) is 52.9 Å². The van der Waals surface area contributed by atoms with Gasteiger partial charge in [0, 0.05) is 6.54 Å². The molecular formula is C10H22N2O. The van der Waals surface area contributed by atoms with Crippen molar-refractivity contribution in [2.24, 2.45) is 0 Å². The number of nitrogens with zero attached hydrogens (tertiary/aromatic N) is 1. The molecule has 1 unspecified atom stereocenters. The van der Waals surface area contributed by atoms with Crippen molar-refractivity contribution in [3.8, 4) is 0 Å². The summed E-state index contributed by atoms with van der Waals surface area (Å²) < 4.78 is 0. The predicted molar refractivity (Wildman–Crippen MR) is 54.8 cm³/mol. The van der Waals surface area contributed by atoms with Crippen LogP contribution in [-0.4, -0.2) is 49.3 Å². The Morgan fingerprint density at radius 1 is 1.46 bits per heavy atom. The first-order valence-electron chi connectivity index (χ1n) is 5.20. The molecule has 0 bridgehead atoms. The van der Waals surface area contributed by atoms with E-state index < -0.39 is 5.60 Å². The molecule has 3 nitrogen and oxygen atoms in total. The lowest BCUT2D eigenvalue weighted by molar-refractivity contribution is 0.00559. The lowest BCUT2D eigenvalue weighted by atomic mass is 9.89. The van der Waals surface area contributed by atoms with Gasteiger partial charge in [0.25, 0.3) is 0 Å². The zero-order valence-electron chi connectivity index (χ0n) is 8.84. The second kappa shape index (κ2) is 4.94. The van der Waals surface area contributed by atoms with Gasteiger partial charge >= 0.3 is 0 Å². The van der Waals surface area contributed by atoms with E-state index in [9.17, 15) is 5.11 Å². The molecule has 0 saturated carbocycles. The molecule has 0 aromatic carbocycles. The van der Waals surface area contributed by atoms with Crippen LogP contribution in [0.2, 0.25) is 0 Å². The minimum Gasteiger partial charge on any atom is -0.389 e. The van der Waals surface area contributed by atoms with Crippen LogP contribution >= 0.6 is 0 Å². The van der Waals surface area contributed by atoms with Crippen molar-refractivity contribution in [1.29, 1.82) is 0 Å². The van der Waals surface area contributed by atoms with Crippen LogP contribution in [0.15, 0.2) is 0 Å². The Kier molecular flexibility index (Phi) is 4.16. The summed E-state index contributed by atoms with van der Waals surface area (Å²) in [4.78, 5) is 2.17. The van der Waals surface area contributed by atoms with Gasteiger partial charge in [-0.1, -0.05) is 0 Å². The number of aliphatic hydroxyl groups is 1. The fourth-order valence-corrected chi connectivity index (χ4v) is 1.89. The van der Waals surface area contributed by atoms with Crippen molar-refractivity contribution in [3.05, 3.63) is 0 Å². The standard InChI is InChI=1S/C10H22N2O/c1-12(2)8-4-6-10(13)5-3-7-11-9-10/h11,13H,3-9H2,1-2H3. The third-order valence-corrected chi connectivity index (χ3v) is 2.70. The molecule has 0 spiro atoms. The van der Waals surface area contributed by atoms with Crippen LogP contribution in [0.5, 0.6) is 0 Å². The first-order chi connectivity index (χ1) is 6.12. The average molecular weight is 186 g/mol. The average Bonchev–Trinajstić information content (AvgIpc) is 2.04. The molecule has 0 aromatic heterocycles. The molecule has 0 aliphatic carbocycles. The monoisotopic (exact) mass is 186 g/mol. The highest BCUT2D eigenvalue weighted by molar-refractivity contribution is 4.84. The number of rotatable bonds is 4. The summed E-state index contributed by atoms with van der Waals surface area (Å²) in [5.74, 6) is 0. The maximum atomic E-state index is 10.1. The normalized spacial score (nSPS) is 29.5. The highest BCUT2D eigenvalue weighted by atomic mass is 16.3. The summed E-state index contributed by atoms with van der Waals surface area (Å²) in [5, 5.41) is 13.4. The molecular weight excluding hydrogens is 164 g/mol. The van der Waals surface area contributed by atoms with E-state index in [1.807, 2.05) is 0 Å². The first-order valence-corrected chi connectivity index (χ1v) is 5.20. The van der Waals surface area contributed by atoms with E-state index >= 15 is 0 Å². The number of piperidine rings is 1. The van der Waals surface area contributed by atoms with Gasteiger partial charge in [-0.25, -0.2) is 0 Å². The Hall–Kier alpha value is -0.120. The Bertz CT molecular complexity index is 142. The van der Waals surface area contributed by atoms with Crippen LogP contribution in [0.25, 0.3) is 0 Å². The van der Waals surface area contributed by atoms with Crippen molar-refractivity contribution in [3.63, 3.8) is 0 Å².